The molecule has 0 spiro atoms. The lowest BCUT2D eigenvalue weighted by Crippen LogP contribution is -2.13. The molecule has 86 valence electrons. The molecule has 0 amide bonds. The predicted molar refractivity (Wildman–Crippen MR) is 55.4 cm³/mol. The van der Waals surface area contributed by atoms with Gasteiger partial charge in [0, 0.05) is 24.2 Å². The fraction of sp³-hybridized carbons (Fsp3) is 0.364. The SMILES string of the molecule is O=C1CCC(S(=O)c2ccc(F)cc2F)C1. The molecule has 1 aromatic carbocycles. The third-order valence-corrected chi connectivity index (χ3v) is 4.39. The van der Waals surface area contributed by atoms with Crippen LogP contribution in [0.3, 0.4) is 0 Å². The molecule has 2 unspecified atom stereocenters. The molecule has 1 saturated carbocycles. The Morgan fingerprint density at radius 3 is 2.62 bits per heavy atom. The second kappa shape index (κ2) is 4.41. The maximum absolute atomic E-state index is 13.3. The number of carbonyl (C=O) groups is 1. The summed E-state index contributed by atoms with van der Waals surface area (Å²) in [5.74, 6) is -1.45. The maximum atomic E-state index is 13.3. The molecule has 2 rings (SSSR count). The molecule has 0 saturated heterocycles. The molecule has 1 fully saturated rings. The summed E-state index contributed by atoms with van der Waals surface area (Å²) in [5.41, 5.74) is 0. The van der Waals surface area contributed by atoms with Gasteiger partial charge in [-0.05, 0) is 18.6 Å². The summed E-state index contributed by atoms with van der Waals surface area (Å²) in [7, 11) is -1.56. The summed E-state index contributed by atoms with van der Waals surface area (Å²) in [5, 5.41) is -0.326. The van der Waals surface area contributed by atoms with E-state index in [1.54, 1.807) is 0 Å². The van der Waals surface area contributed by atoms with Gasteiger partial charge in [0.2, 0.25) is 0 Å². The first-order chi connectivity index (χ1) is 7.58. The van der Waals surface area contributed by atoms with Crippen molar-refractivity contribution in [1.82, 2.24) is 0 Å². The van der Waals surface area contributed by atoms with Crippen LogP contribution in [0, 0.1) is 11.6 Å². The number of halogens is 2. The van der Waals surface area contributed by atoms with Crippen LogP contribution >= 0.6 is 0 Å². The molecule has 5 heteroatoms. The van der Waals surface area contributed by atoms with Gasteiger partial charge in [0.25, 0.3) is 0 Å². The number of hydrogen-bond donors (Lipinski definition) is 0. The van der Waals surface area contributed by atoms with E-state index in [1.807, 2.05) is 0 Å². The first-order valence-corrected chi connectivity index (χ1v) is 6.16. The number of benzene rings is 1. The van der Waals surface area contributed by atoms with Crippen LogP contribution in [-0.2, 0) is 15.6 Å². The Morgan fingerprint density at radius 2 is 2.06 bits per heavy atom. The zero-order valence-electron chi connectivity index (χ0n) is 8.41. The molecule has 0 N–H and O–H groups in total. The van der Waals surface area contributed by atoms with E-state index < -0.39 is 22.4 Å². The van der Waals surface area contributed by atoms with Crippen LogP contribution in [0.1, 0.15) is 19.3 Å². The smallest absolute Gasteiger partial charge is 0.142 e. The first-order valence-electron chi connectivity index (χ1n) is 4.95. The second-order valence-electron chi connectivity index (χ2n) is 3.78. The molecule has 1 aromatic rings. The lowest BCUT2D eigenvalue weighted by atomic mass is 10.3. The van der Waals surface area contributed by atoms with Crippen molar-refractivity contribution in [3.05, 3.63) is 29.8 Å². The van der Waals surface area contributed by atoms with Crippen LogP contribution in [-0.4, -0.2) is 15.2 Å². The van der Waals surface area contributed by atoms with Gasteiger partial charge in [-0.25, -0.2) is 8.78 Å². The zero-order valence-corrected chi connectivity index (χ0v) is 9.23. The van der Waals surface area contributed by atoms with Gasteiger partial charge in [-0.2, -0.15) is 0 Å². The van der Waals surface area contributed by atoms with Gasteiger partial charge in [-0.3, -0.25) is 9.00 Å². The molecule has 16 heavy (non-hydrogen) atoms. The molecular weight excluding hydrogens is 234 g/mol. The van der Waals surface area contributed by atoms with Crippen LogP contribution in [0.25, 0.3) is 0 Å². The summed E-state index contributed by atoms with van der Waals surface area (Å²) in [6.45, 7) is 0. The quantitative estimate of drug-likeness (QED) is 0.799. The summed E-state index contributed by atoms with van der Waals surface area (Å²) >= 11 is 0. The molecule has 2 atom stereocenters. The Kier molecular flexibility index (Phi) is 3.14. The number of ketones is 1. The average molecular weight is 244 g/mol. The molecule has 0 bridgehead atoms. The van der Waals surface area contributed by atoms with E-state index in [-0.39, 0.29) is 22.3 Å². The largest absolute Gasteiger partial charge is 0.300 e. The van der Waals surface area contributed by atoms with Crippen molar-refractivity contribution in [2.45, 2.75) is 29.4 Å². The standard InChI is InChI=1S/C11H10F2O2S/c12-7-1-4-11(10(13)5-7)16(15)9-3-2-8(14)6-9/h1,4-5,9H,2-3,6H2. The normalized spacial score (nSPS) is 22.4. The monoisotopic (exact) mass is 244 g/mol. The lowest BCUT2D eigenvalue weighted by molar-refractivity contribution is -0.117. The summed E-state index contributed by atoms with van der Waals surface area (Å²) in [6.07, 6.45) is 1.14. The van der Waals surface area contributed by atoms with Crippen molar-refractivity contribution in [3.8, 4) is 0 Å². The second-order valence-corrected chi connectivity index (χ2v) is 5.48. The van der Waals surface area contributed by atoms with E-state index in [4.69, 9.17) is 0 Å². The van der Waals surface area contributed by atoms with Crippen molar-refractivity contribution >= 4 is 16.6 Å². The van der Waals surface area contributed by atoms with E-state index >= 15 is 0 Å². The number of hydrogen-bond acceptors (Lipinski definition) is 2. The Bertz CT molecular complexity index is 459. The molecule has 0 radical (unpaired) electrons. The molecule has 0 aromatic heterocycles. The van der Waals surface area contributed by atoms with Crippen molar-refractivity contribution in [1.29, 1.82) is 0 Å². The van der Waals surface area contributed by atoms with Crippen molar-refractivity contribution in [2.24, 2.45) is 0 Å². The van der Waals surface area contributed by atoms with Crippen LogP contribution in [0.4, 0.5) is 8.78 Å². The summed E-state index contributed by atoms with van der Waals surface area (Å²) in [6, 6.07) is 2.97. The Morgan fingerprint density at radius 1 is 1.31 bits per heavy atom. The molecular formula is C11H10F2O2S. The topological polar surface area (TPSA) is 34.1 Å². The third kappa shape index (κ3) is 2.19. The van der Waals surface area contributed by atoms with Gasteiger partial charge >= 0.3 is 0 Å². The van der Waals surface area contributed by atoms with Gasteiger partial charge in [0.1, 0.15) is 17.4 Å². The van der Waals surface area contributed by atoms with E-state index in [0.717, 1.165) is 6.07 Å². The fourth-order valence-corrected chi connectivity index (χ4v) is 3.26. The Hall–Kier alpha value is -1.10. The Labute approximate surface area is 94.1 Å². The van der Waals surface area contributed by atoms with E-state index in [9.17, 15) is 17.8 Å². The van der Waals surface area contributed by atoms with E-state index in [1.165, 1.54) is 6.07 Å². The highest BCUT2D eigenvalue weighted by Crippen LogP contribution is 2.26. The van der Waals surface area contributed by atoms with Crippen LogP contribution in [0.2, 0.25) is 0 Å². The molecule has 0 aliphatic heterocycles. The first kappa shape index (κ1) is 11.4. The van der Waals surface area contributed by atoms with Crippen molar-refractivity contribution < 1.29 is 17.8 Å². The van der Waals surface area contributed by atoms with Crippen LogP contribution in [0.15, 0.2) is 23.1 Å². The average Bonchev–Trinajstić information content (AvgIpc) is 2.64. The van der Waals surface area contributed by atoms with Gasteiger partial charge in [-0.15, -0.1) is 0 Å². The van der Waals surface area contributed by atoms with E-state index in [2.05, 4.69) is 0 Å². The number of Topliss-reactive ketones (excluding diaryl/α,β-unsaturated/α-hetero) is 1. The minimum Gasteiger partial charge on any atom is -0.300 e. The van der Waals surface area contributed by atoms with Gasteiger partial charge < -0.3 is 0 Å². The highest BCUT2D eigenvalue weighted by atomic mass is 32.2. The molecule has 1 aliphatic carbocycles. The highest BCUT2D eigenvalue weighted by molar-refractivity contribution is 7.85. The molecule has 0 heterocycles. The third-order valence-electron chi connectivity index (χ3n) is 2.61. The van der Waals surface area contributed by atoms with Crippen LogP contribution < -0.4 is 0 Å². The maximum Gasteiger partial charge on any atom is 0.142 e. The van der Waals surface area contributed by atoms with Gasteiger partial charge in [0.05, 0.1) is 15.7 Å². The van der Waals surface area contributed by atoms with Crippen molar-refractivity contribution in [2.75, 3.05) is 0 Å². The minimum atomic E-state index is -1.56. The summed E-state index contributed by atoms with van der Waals surface area (Å²) in [4.78, 5) is 11.0. The predicted octanol–water partition coefficient (Wildman–Crippen LogP) is 2.19. The number of rotatable bonds is 2. The highest BCUT2D eigenvalue weighted by Gasteiger charge is 2.29. The van der Waals surface area contributed by atoms with Gasteiger partial charge in [-0.1, -0.05) is 0 Å². The molecule has 1 aliphatic rings. The minimum absolute atomic E-state index is 0.0129. The van der Waals surface area contributed by atoms with Crippen molar-refractivity contribution in [3.63, 3.8) is 0 Å². The lowest BCUT2D eigenvalue weighted by Gasteiger charge is -2.08. The summed E-state index contributed by atoms with van der Waals surface area (Å²) < 4.78 is 37.9. The van der Waals surface area contributed by atoms with Crippen LogP contribution in [0.5, 0.6) is 0 Å². The zero-order chi connectivity index (χ0) is 11.7. The van der Waals surface area contributed by atoms with E-state index in [0.29, 0.717) is 18.9 Å². The fourth-order valence-electron chi connectivity index (χ4n) is 1.78. The van der Waals surface area contributed by atoms with Gasteiger partial charge in [0.15, 0.2) is 0 Å². The number of carbonyl (C=O) groups excluding carboxylic acids is 1. The molecule has 2 nitrogen and oxygen atoms in total. The Balaban J connectivity index is 2.24.